The predicted molar refractivity (Wildman–Crippen MR) is 70.5 cm³/mol. The number of allylic oxidation sites excluding steroid dienone is 4. The lowest BCUT2D eigenvalue weighted by Gasteiger charge is -2.06. The van der Waals surface area contributed by atoms with Gasteiger partial charge < -0.3 is 9.52 Å². The highest BCUT2D eigenvalue weighted by Crippen LogP contribution is 2.24. The molecule has 1 aromatic heterocycles. The van der Waals surface area contributed by atoms with Crippen LogP contribution in [0, 0.1) is 0 Å². The van der Waals surface area contributed by atoms with E-state index in [1.54, 1.807) is 0 Å². The molecule has 1 aliphatic carbocycles. The molecule has 1 aromatic carbocycles. The van der Waals surface area contributed by atoms with Crippen molar-refractivity contribution in [2.45, 2.75) is 5.92 Å². The van der Waals surface area contributed by atoms with Crippen LogP contribution in [0.3, 0.4) is 0 Å². The van der Waals surface area contributed by atoms with E-state index in [9.17, 15) is 9.59 Å². The zero-order valence-electron chi connectivity index (χ0n) is 9.87. The average molecular weight is 254 g/mol. The molecule has 1 heterocycles. The molecule has 0 spiro atoms. The standard InChI is InChI=1S/C15H10O4/c16-12-8-14(9-3-1-2-4-9)19-13-6-5-10(15(17)18)7-11(12)13/h1-9H,(H,17,18). The molecule has 0 radical (unpaired) electrons. The minimum absolute atomic E-state index is 0.0312. The molecule has 94 valence electrons. The van der Waals surface area contributed by atoms with Gasteiger partial charge in [0.1, 0.15) is 11.3 Å². The zero-order chi connectivity index (χ0) is 13.4. The van der Waals surface area contributed by atoms with Gasteiger partial charge in [0, 0.05) is 6.07 Å². The van der Waals surface area contributed by atoms with Gasteiger partial charge in [-0.25, -0.2) is 4.79 Å². The maximum absolute atomic E-state index is 12.0. The Labute approximate surface area is 108 Å². The van der Waals surface area contributed by atoms with Gasteiger partial charge in [-0.1, -0.05) is 24.3 Å². The average Bonchev–Trinajstić information content (AvgIpc) is 2.92. The molecule has 0 bridgehead atoms. The predicted octanol–water partition coefficient (Wildman–Crippen LogP) is 2.70. The molecule has 0 saturated heterocycles. The van der Waals surface area contributed by atoms with Gasteiger partial charge >= 0.3 is 5.97 Å². The first kappa shape index (κ1) is 11.5. The zero-order valence-corrected chi connectivity index (χ0v) is 9.87. The van der Waals surface area contributed by atoms with E-state index in [0.717, 1.165) is 0 Å². The fraction of sp³-hybridized carbons (Fsp3) is 0.0667. The number of hydrogen-bond acceptors (Lipinski definition) is 3. The Morgan fingerprint density at radius 2 is 1.89 bits per heavy atom. The molecule has 1 aliphatic rings. The van der Waals surface area contributed by atoms with E-state index < -0.39 is 5.97 Å². The highest BCUT2D eigenvalue weighted by molar-refractivity contribution is 5.92. The molecule has 0 aliphatic heterocycles. The molecule has 0 unspecified atom stereocenters. The first-order valence-electron chi connectivity index (χ1n) is 5.81. The molecule has 0 atom stereocenters. The molecule has 3 rings (SSSR count). The van der Waals surface area contributed by atoms with E-state index in [2.05, 4.69) is 0 Å². The third kappa shape index (κ3) is 1.97. The lowest BCUT2D eigenvalue weighted by molar-refractivity contribution is 0.0697. The summed E-state index contributed by atoms with van der Waals surface area (Å²) in [7, 11) is 0. The summed E-state index contributed by atoms with van der Waals surface area (Å²) in [5.74, 6) is -0.533. The summed E-state index contributed by atoms with van der Waals surface area (Å²) in [6.07, 6.45) is 7.64. The van der Waals surface area contributed by atoms with Gasteiger partial charge in [0.05, 0.1) is 16.9 Å². The molecule has 2 aromatic rings. The van der Waals surface area contributed by atoms with E-state index in [0.29, 0.717) is 11.3 Å². The van der Waals surface area contributed by atoms with Crippen LogP contribution in [0.5, 0.6) is 0 Å². The summed E-state index contributed by atoms with van der Waals surface area (Å²) < 4.78 is 5.67. The van der Waals surface area contributed by atoms with Gasteiger partial charge in [-0.3, -0.25) is 4.79 Å². The molecule has 1 N–H and O–H groups in total. The van der Waals surface area contributed by atoms with Crippen molar-refractivity contribution in [1.82, 2.24) is 0 Å². The Morgan fingerprint density at radius 3 is 2.58 bits per heavy atom. The molecule has 0 saturated carbocycles. The van der Waals surface area contributed by atoms with E-state index in [-0.39, 0.29) is 22.3 Å². The van der Waals surface area contributed by atoms with Crippen LogP contribution in [-0.4, -0.2) is 11.1 Å². The molecular weight excluding hydrogens is 244 g/mol. The number of aromatic carboxylic acids is 1. The lowest BCUT2D eigenvalue weighted by Crippen LogP contribution is -2.05. The van der Waals surface area contributed by atoms with E-state index in [1.165, 1.54) is 24.3 Å². The van der Waals surface area contributed by atoms with Crippen LogP contribution in [0.1, 0.15) is 22.0 Å². The van der Waals surface area contributed by atoms with Crippen molar-refractivity contribution in [3.05, 3.63) is 70.1 Å². The first-order valence-corrected chi connectivity index (χ1v) is 5.81. The third-order valence-electron chi connectivity index (χ3n) is 3.07. The molecular formula is C15H10O4. The van der Waals surface area contributed by atoms with Crippen molar-refractivity contribution in [2.75, 3.05) is 0 Å². The van der Waals surface area contributed by atoms with Crippen LogP contribution in [0.25, 0.3) is 11.0 Å². The van der Waals surface area contributed by atoms with Crippen molar-refractivity contribution < 1.29 is 14.3 Å². The molecule has 19 heavy (non-hydrogen) atoms. The topological polar surface area (TPSA) is 67.5 Å². The third-order valence-corrected chi connectivity index (χ3v) is 3.07. The summed E-state index contributed by atoms with van der Waals surface area (Å²) in [6, 6.07) is 5.70. The largest absolute Gasteiger partial charge is 0.478 e. The van der Waals surface area contributed by atoms with Gasteiger partial charge in [-0.05, 0) is 18.2 Å². The number of hydrogen-bond donors (Lipinski definition) is 1. The summed E-state index contributed by atoms with van der Waals surface area (Å²) in [5, 5.41) is 9.20. The maximum Gasteiger partial charge on any atom is 0.335 e. The Hall–Kier alpha value is -2.62. The summed E-state index contributed by atoms with van der Waals surface area (Å²) >= 11 is 0. The molecule has 0 fully saturated rings. The maximum atomic E-state index is 12.0. The number of carboxylic acid groups (broad SMARTS) is 1. The van der Waals surface area contributed by atoms with Crippen molar-refractivity contribution in [1.29, 1.82) is 0 Å². The molecule has 4 heteroatoms. The summed E-state index contributed by atoms with van der Waals surface area (Å²) in [6.45, 7) is 0. The fourth-order valence-electron chi connectivity index (χ4n) is 2.09. The molecule has 0 amide bonds. The first-order chi connectivity index (χ1) is 9.15. The smallest absolute Gasteiger partial charge is 0.335 e. The van der Waals surface area contributed by atoms with Crippen LogP contribution in [0.4, 0.5) is 0 Å². The van der Waals surface area contributed by atoms with Gasteiger partial charge in [-0.2, -0.15) is 0 Å². The normalized spacial score (nSPS) is 14.3. The van der Waals surface area contributed by atoms with Gasteiger partial charge in [0.2, 0.25) is 0 Å². The van der Waals surface area contributed by atoms with Crippen molar-refractivity contribution in [2.24, 2.45) is 0 Å². The quantitative estimate of drug-likeness (QED) is 0.894. The van der Waals surface area contributed by atoms with E-state index >= 15 is 0 Å². The van der Waals surface area contributed by atoms with Crippen LogP contribution >= 0.6 is 0 Å². The summed E-state index contributed by atoms with van der Waals surface area (Å²) in [4.78, 5) is 22.9. The number of rotatable bonds is 2. The fourth-order valence-corrected chi connectivity index (χ4v) is 2.09. The lowest BCUT2D eigenvalue weighted by atomic mass is 10.1. The minimum atomic E-state index is -1.06. The van der Waals surface area contributed by atoms with Crippen LogP contribution in [0.2, 0.25) is 0 Å². The second kappa shape index (κ2) is 4.24. The second-order valence-corrected chi connectivity index (χ2v) is 4.32. The number of fused-ring (bicyclic) bond motifs is 1. The van der Waals surface area contributed by atoms with Crippen molar-refractivity contribution in [3.8, 4) is 0 Å². The number of benzene rings is 1. The Bertz CT molecular complexity index is 768. The Kier molecular flexibility index (Phi) is 2.56. The summed E-state index contributed by atoms with van der Waals surface area (Å²) in [5.41, 5.74) is 0.252. The second-order valence-electron chi connectivity index (χ2n) is 4.32. The SMILES string of the molecule is O=C(O)c1ccc2oc(C3C=CC=C3)cc(=O)c2c1. The van der Waals surface area contributed by atoms with Crippen LogP contribution in [-0.2, 0) is 0 Å². The minimum Gasteiger partial charge on any atom is -0.478 e. The highest BCUT2D eigenvalue weighted by Gasteiger charge is 2.14. The number of carbonyl (C=O) groups is 1. The van der Waals surface area contributed by atoms with E-state index in [1.807, 2.05) is 24.3 Å². The van der Waals surface area contributed by atoms with Gasteiger partial charge in [0.15, 0.2) is 5.43 Å². The monoisotopic (exact) mass is 254 g/mol. The Morgan fingerprint density at radius 1 is 1.16 bits per heavy atom. The van der Waals surface area contributed by atoms with Crippen LogP contribution < -0.4 is 5.43 Å². The van der Waals surface area contributed by atoms with Crippen LogP contribution in [0.15, 0.2) is 57.8 Å². The van der Waals surface area contributed by atoms with E-state index in [4.69, 9.17) is 9.52 Å². The van der Waals surface area contributed by atoms with Crippen molar-refractivity contribution >= 4 is 16.9 Å². The van der Waals surface area contributed by atoms with Gasteiger partial charge in [-0.15, -0.1) is 0 Å². The van der Waals surface area contributed by atoms with Gasteiger partial charge in [0.25, 0.3) is 0 Å². The Balaban J connectivity index is 2.19. The highest BCUT2D eigenvalue weighted by atomic mass is 16.4. The molecule has 4 nitrogen and oxygen atoms in total. The van der Waals surface area contributed by atoms with Crippen molar-refractivity contribution in [3.63, 3.8) is 0 Å². The number of carboxylic acids is 1.